The molecule has 1 amide bonds. The lowest BCUT2D eigenvalue weighted by molar-refractivity contribution is -0.110. The van der Waals surface area contributed by atoms with Gasteiger partial charge in [-0.2, -0.15) is 0 Å². The van der Waals surface area contributed by atoms with Crippen LogP contribution in [-0.2, 0) is 21.2 Å². The fourth-order valence-corrected chi connectivity index (χ4v) is 4.50. The van der Waals surface area contributed by atoms with Crippen molar-refractivity contribution in [2.75, 3.05) is 41.7 Å². The number of likely N-dealkylation sites (N-methyl/N-ethyl adjacent to an activating group) is 1. The van der Waals surface area contributed by atoms with E-state index in [4.69, 9.17) is 0 Å². The molecule has 8 heteroatoms. The molecule has 0 unspecified atom stereocenters. The molecule has 182 valence electrons. The summed E-state index contributed by atoms with van der Waals surface area (Å²) in [7, 11) is 0.659. The third-order valence-corrected chi connectivity index (χ3v) is 7.11. The zero-order valence-electron chi connectivity index (χ0n) is 20.1. The Morgan fingerprint density at radius 3 is 2.29 bits per heavy atom. The van der Waals surface area contributed by atoms with Crippen LogP contribution in [0.2, 0.25) is 0 Å². The molecule has 4 rings (SSSR count). The van der Waals surface area contributed by atoms with Crippen LogP contribution in [-0.4, -0.2) is 45.6 Å². The Morgan fingerprint density at radius 1 is 0.943 bits per heavy atom. The largest absolute Gasteiger partial charge is 0.354 e. The highest BCUT2D eigenvalue weighted by Crippen LogP contribution is 2.39. The van der Waals surface area contributed by atoms with Crippen molar-refractivity contribution >= 4 is 44.3 Å². The Labute approximate surface area is 206 Å². The van der Waals surface area contributed by atoms with Crippen molar-refractivity contribution in [2.45, 2.75) is 13.3 Å². The van der Waals surface area contributed by atoms with Gasteiger partial charge in [0.25, 0.3) is 5.91 Å². The maximum atomic E-state index is 13.1. The van der Waals surface area contributed by atoms with Crippen molar-refractivity contribution in [3.63, 3.8) is 0 Å². The monoisotopic (exact) mass is 490 g/mol. The summed E-state index contributed by atoms with van der Waals surface area (Å²) in [5.41, 5.74) is 5.74. The Kier molecular flexibility index (Phi) is 7.23. The molecule has 1 aliphatic heterocycles. The van der Waals surface area contributed by atoms with Crippen LogP contribution < -0.4 is 15.4 Å². The first kappa shape index (κ1) is 24.5. The van der Waals surface area contributed by atoms with Gasteiger partial charge in [-0.3, -0.25) is 9.52 Å². The van der Waals surface area contributed by atoms with Gasteiger partial charge >= 0.3 is 0 Å². The number of benzene rings is 3. The van der Waals surface area contributed by atoms with Crippen molar-refractivity contribution in [1.82, 2.24) is 4.90 Å². The third-order valence-electron chi connectivity index (χ3n) is 5.80. The first-order valence-corrected chi connectivity index (χ1v) is 13.2. The quantitative estimate of drug-likeness (QED) is 0.385. The van der Waals surface area contributed by atoms with E-state index in [0.29, 0.717) is 28.2 Å². The number of fused-ring (bicyclic) bond motifs is 1. The van der Waals surface area contributed by atoms with E-state index >= 15 is 0 Å². The maximum Gasteiger partial charge on any atom is 0.258 e. The molecule has 0 aliphatic carbocycles. The summed E-state index contributed by atoms with van der Waals surface area (Å²) >= 11 is 0. The van der Waals surface area contributed by atoms with Crippen LogP contribution in [0.1, 0.15) is 23.6 Å². The average molecular weight is 491 g/mol. The Bertz CT molecular complexity index is 1350. The van der Waals surface area contributed by atoms with Crippen molar-refractivity contribution in [3.05, 3.63) is 89.5 Å². The first-order chi connectivity index (χ1) is 16.8. The normalized spacial score (nSPS) is 14.5. The van der Waals surface area contributed by atoms with Gasteiger partial charge in [0.05, 0.1) is 17.0 Å². The van der Waals surface area contributed by atoms with Crippen molar-refractivity contribution in [1.29, 1.82) is 0 Å². The molecule has 1 heterocycles. The average Bonchev–Trinajstić information content (AvgIpc) is 3.17. The maximum absolute atomic E-state index is 13.1. The summed E-state index contributed by atoms with van der Waals surface area (Å²) in [6.07, 6.45) is 0.951. The Morgan fingerprint density at radius 2 is 1.63 bits per heavy atom. The van der Waals surface area contributed by atoms with Gasteiger partial charge in [-0.1, -0.05) is 42.5 Å². The lowest BCUT2D eigenvalue weighted by atomic mass is 9.99. The second kappa shape index (κ2) is 10.3. The van der Waals surface area contributed by atoms with Gasteiger partial charge in [0.1, 0.15) is 0 Å². The molecule has 0 atom stereocenters. The lowest BCUT2D eigenvalue weighted by Crippen LogP contribution is -2.15. The predicted molar refractivity (Wildman–Crippen MR) is 144 cm³/mol. The molecule has 35 heavy (non-hydrogen) atoms. The van der Waals surface area contributed by atoms with Gasteiger partial charge in [0, 0.05) is 29.2 Å². The van der Waals surface area contributed by atoms with Crippen LogP contribution in [0.4, 0.5) is 17.1 Å². The number of rotatable bonds is 9. The van der Waals surface area contributed by atoms with Gasteiger partial charge in [-0.15, -0.1) is 0 Å². The molecule has 0 saturated heterocycles. The fourth-order valence-electron chi connectivity index (χ4n) is 3.87. The third kappa shape index (κ3) is 5.90. The second-order valence-electron chi connectivity index (χ2n) is 8.71. The van der Waals surface area contributed by atoms with E-state index in [2.05, 4.69) is 46.5 Å². The second-order valence-corrected chi connectivity index (χ2v) is 10.7. The number of nitrogens with zero attached hydrogens (tertiary/aromatic N) is 1. The molecule has 3 aromatic carbocycles. The first-order valence-electron chi connectivity index (χ1n) is 11.5. The highest BCUT2D eigenvalue weighted by atomic mass is 32.2. The van der Waals surface area contributed by atoms with E-state index in [1.807, 2.05) is 42.5 Å². The molecule has 0 fully saturated rings. The fraction of sp³-hybridized carbons (Fsp3) is 0.222. The van der Waals surface area contributed by atoms with Gasteiger partial charge < -0.3 is 15.5 Å². The number of hydrogen-bond donors (Lipinski definition) is 3. The van der Waals surface area contributed by atoms with Crippen LogP contribution in [0.3, 0.4) is 0 Å². The molecule has 0 spiro atoms. The highest BCUT2D eigenvalue weighted by Gasteiger charge is 2.29. The van der Waals surface area contributed by atoms with Crippen LogP contribution in [0.15, 0.2) is 72.8 Å². The van der Waals surface area contributed by atoms with Gasteiger partial charge in [-0.05, 0) is 68.9 Å². The highest BCUT2D eigenvalue weighted by molar-refractivity contribution is 7.92. The van der Waals surface area contributed by atoms with E-state index < -0.39 is 10.0 Å². The SMILES string of the molecule is CCS(=O)(=O)Nc1ccc2c(c1)C(=C(Nc1ccc(CCN(C)C)cc1)c1ccccc1)C(=O)N2. The predicted octanol–water partition coefficient (Wildman–Crippen LogP) is 4.48. The van der Waals surface area contributed by atoms with Crippen LogP contribution in [0.25, 0.3) is 11.3 Å². The summed E-state index contributed by atoms with van der Waals surface area (Å²) in [4.78, 5) is 15.3. The molecule has 0 radical (unpaired) electrons. The number of sulfonamides is 1. The molecule has 3 N–H and O–H groups in total. The smallest absolute Gasteiger partial charge is 0.258 e. The van der Waals surface area contributed by atoms with Crippen molar-refractivity contribution < 1.29 is 13.2 Å². The van der Waals surface area contributed by atoms with E-state index in [-0.39, 0.29) is 11.7 Å². The minimum Gasteiger partial charge on any atom is -0.354 e. The van der Waals surface area contributed by atoms with Crippen molar-refractivity contribution in [3.8, 4) is 0 Å². The minimum atomic E-state index is -3.45. The molecule has 1 aliphatic rings. The van der Waals surface area contributed by atoms with E-state index in [9.17, 15) is 13.2 Å². The molecule has 0 aromatic heterocycles. The molecule has 7 nitrogen and oxygen atoms in total. The number of carbonyl (C=O) groups is 1. The minimum absolute atomic E-state index is 0.0364. The standard InChI is InChI=1S/C27H30N4O3S/c1-4-35(33,34)30-22-14-15-24-23(18-22)25(27(32)29-24)26(20-8-6-5-7-9-20)28-21-12-10-19(11-13-21)16-17-31(2)3/h5-15,18,28,30H,4,16-17H2,1-3H3,(H,29,32). The van der Waals surface area contributed by atoms with E-state index in [0.717, 1.165) is 24.2 Å². The lowest BCUT2D eigenvalue weighted by Gasteiger charge is -2.16. The molecular weight excluding hydrogens is 460 g/mol. The molecular formula is C27H30N4O3S. The number of amides is 1. The topological polar surface area (TPSA) is 90.5 Å². The van der Waals surface area contributed by atoms with Gasteiger partial charge in [-0.25, -0.2) is 8.42 Å². The van der Waals surface area contributed by atoms with E-state index in [1.54, 1.807) is 25.1 Å². The summed E-state index contributed by atoms with van der Waals surface area (Å²) < 4.78 is 26.8. The van der Waals surface area contributed by atoms with Gasteiger partial charge in [0.2, 0.25) is 10.0 Å². The summed E-state index contributed by atoms with van der Waals surface area (Å²) in [5.74, 6) is -0.282. The number of nitrogens with one attached hydrogen (secondary N) is 3. The summed E-state index contributed by atoms with van der Waals surface area (Å²) in [5, 5.41) is 6.35. The number of anilines is 3. The van der Waals surface area contributed by atoms with Crippen LogP contribution in [0.5, 0.6) is 0 Å². The van der Waals surface area contributed by atoms with Crippen LogP contribution in [0, 0.1) is 0 Å². The summed E-state index contributed by atoms with van der Waals surface area (Å²) in [6, 6.07) is 22.9. The number of hydrogen-bond acceptors (Lipinski definition) is 5. The Hall–Kier alpha value is -3.62. The molecule has 0 bridgehead atoms. The number of carbonyl (C=O) groups excluding carboxylic acids is 1. The van der Waals surface area contributed by atoms with E-state index in [1.165, 1.54) is 5.56 Å². The zero-order chi connectivity index (χ0) is 25.0. The summed E-state index contributed by atoms with van der Waals surface area (Å²) in [6.45, 7) is 2.54. The molecule has 3 aromatic rings. The van der Waals surface area contributed by atoms with Crippen LogP contribution >= 0.6 is 0 Å². The Balaban J connectivity index is 1.75. The van der Waals surface area contributed by atoms with Crippen molar-refractivity contribution in [2.24, 2.45) is 0 Å². The van der Waals surface area contributed by atoms with Gasteiger partial charge in [0.15, 0.2) is 0 Å². The molecule has 0 saturated carbocycles. The zero-order valence-corrected chi connectivity index (χ0v) is 20.9.